The van der Waals surface area contributed by atoms with Crippen LogP contribution in [0.2, 0.25) is 0 Å². The molecule has 0 radical (unpaired) electrons. The zero-order valence-corrected chi connectivity index (χ0v) is 20.7. The van der Waals surface area contributed by atoms with E-state index in [1.807, 2.05) is 18.2 Å². The van der Waals surface area contributed by atoms with Crippen LogP contribution in [0.15, 0.2) is 78.9 Å². The molecular formula is C28H29BrN2O2. The third-order valence-corrected chi connectivity index (χ3v) is 6.40. The number of nitrogens with zero attached hydrogens (tertiary/aromatic N) is 2. The standard InChI is InChI=1S/C28H29N2O2.BrH/c1-30(19-25-13-12-22-10-6-7-11-26(22)29-25)15-14-23-16-27(31-2)28(17-24(23)18-30)32-20-21-8-4-3-5-9-21;/h3-13,16-17H,14-15,18-20H2,1-2H3;1H/q+1;/p-1. The number of para-hydroxylation sites is 1. The Balaban J connectivity index is 0.00000259. The lowest BCUT2D eigenvalue weighted by Crippen LogP contribution is -3.00. The molecule has 5 rings (SSSR count). The van der Waals surface area contributed by atoms with Gasteiger partial charge in [0.1, 0.15) is 19.7 Å². The van der Waals surface area contributed by atoms with E-state index in [1.165, 1.54) is 16.5 Å². The van der Waals surface area contributed by atoms with Crippen LogP contribution in [0.4, 0.5) is 0 Å². The first-order chi connectivity index (χ1) is 15.6. The Kier molecular flexibility index (Phi) is 7.01. The Morgan fingerprint density at radius 2 is 1.64 bits per heavy atom. The summed E-state index contributed by atoms with van der Waals surface area (Å²) < 4.78 is 12.8. The Morgan fingerprint density at radius 1 is 0.879 bits per heavy atom. The molecule has 1 aromatic heterocycles. The molecule has 5 heteroatoms. The van der Waals surface area contributed by atoms with Crippen molar-refractivity contribution in [2.75, 3.05) is 20.7 Å². The molecule has 0 spiro atoms. The van der Waals surface area contributed by atoms with Gasteiger partial charge in [0.2, 0.25) is 0 Å². The Morgan fingerprint density at radius 3 is 2.45 bits per heavy atom. The molecule has 1 aliphatic rings. The predicted molar refractivity (Wildman–Crippen MR) is 128 cm³/mol. The molecular weight excluding hydrogens is 476 g/mol. The number of methoxy groups -OCH3 is 1. The molecule has 170 valence electrons. The van der Waals surface area contributed by atoms with E-state index in [2.05, 4.69) is 67.7 Å². The van der Waals surface area contributed by atoms with E-state index in [1.54, 1.807) is 7.11 Å². The van der Waals surface area contributed by atoms with Crippen LogP contribution in [0.25, 0.3) is 10.9 Å². The van der Waals surface area contributed by atoms with Crippen LogP contribution in [0, 0.1) is 0 Å². The van der Waals surface area contributed by atoms with E-state index >= 15 is 0 Å². The molecule has 3 aromatic carbocycles. The van der Waals surface area contributed by atoms with Gasteiger partial charge in [0.25, 0.3) is 0 Å². The first-order valence-electron chi connectivity index (χ1n) is 11.2. The molecule has 0 bridgehead atoms. The van der Waals surface area contributed by atoms with Crippen LogP contribution in [-0.2, 0) is 26.1 Å². The topological polar surface area (TPSA) is 31.4 Å². The number of hydrogen-bond donors (Lipinski definition) is 0. The SMILES string of the molecule is COc1cc2c(cc1OCc1ccccc1)C[N+](C)(Cc1ccc3ccccc3n1)CC2.[Br-]. The Bertz CT molecular complexity index is 1250. The molecule has 33 heavy (non-hydrogen) atoms. The molecule has 0 aliphatic carbocycles. The summed E-state index contributed by atoms with van der Waals surface area (Å²) in [7, 11) is 4.04. The minimum Gasteiger partial charge on any atom is -1.00 e. The summed E-state index contributed by atoms with van der Waals surface area (Å²) in [6, 6.07) is 27.3. The fraction of sp³-hybridized carbons (Fsp3) is 0.250. The van der Waals surface area contributed by atoms with Crippen molar-refractivity contribution in [1.29, 1.82) is 0 Å². The number of ether oxygens (including phenoxy) is 2. The quantitative estimate of drug-likeness (QED) is 0.378. The van der Waals surface area contributed by atoms with Crippen molar-refractivity contribution in [2.45, 2.75) is 26.1 Å². The normalized spacial score (nSPS) is 17.2. The molecule has 0 amide bonds. The van der Waals surface area contributed by atoms with E-state index in [9.17, 15) is 0 Å². The van der Waals surface area contributed by atoms with Gasteiger partial charge >= 0.3 is 0 Å². The van der Waals surface area contributed by atoms with Gasteiger partial charge in [0.15, 0.2) is 11.5 Å². The lowest BCUT2D eigenvalue weighted by molar-refractivity contribution is -0.937. The van der Waals surface area contributed by atoms with E-state index in [4.69, 9.17) is 14.5 Å². The molecule has 1 aliphatic heterocycles. The van der Waals surface area contributed by atoms with Crippen molar-refractivity contribution in [3.05, 3.63) is 101 Å². The first kappa shape index (κ1) is 23.3. The average molecular weight is 505 g/mol. The number of aromatic nitrogens is 1. The summed E-state index contributed by atoms with van der Waals surface area (Å²) in [6.45, 7) is 3.48. The Hall–Kier alpha value is -2.89. The minimum absolute atomic E-state index is 0. The maximum atomic E-state index is 6.17. The van der Waals surface area contributed by atoms with Gasteiger partial charge in [-0.25, -0.2) is 4.98 Å². The van der Waals surface area contributed by atoms with E-state index in [-0.39, 0.29) is 17.0 Å². The number of pyridine rings is 1. The summed E-state index contributed by atoms with van der Waals surface area (Å²) in [5.41, 5.74) is 6.05. The highest BCUT2D eigenvalue weighted by atomic mass is 79.9. The van der Waals surface area contributed by atoms with E-state index < -0.39 is 0 Å². The number of quaternary nitrogens is 1. The van der Waals surface area contributed by atoms with Gasteiger partial charge < -0.3 is 30.9 Å². The van der Waals surface area contributed by atoms with E-state index in [0.717, 1.165) is 58.8 Å². The van der Waals surface area contributed by atoms with Crippen LogP contribution in [0.3, 0.4) is 0 Å². The van der Waals surface area contributed by atoms with Gasteiger partial charge in [0.05, 0.1) is 31.9 Å². The second-order valence-corrected chi connectivity index (χ2v) is 8.95. The lowest BCUT2D eigenvalue weighted by Gasteiger charge is -2.38. The Labute approximate surface area is 206 Å². The highest BCUT2D eigenvalue weighted by Gasteiger charge is 2.30. The van der Waals surface area contributed by atoms with Crippen molar-refractivity contribution in [3.63, 3.8) is 0 Å². The van der Waals surface area contributed by atoms with Crippen LogP contribution < -0.4 is 26.5 Å². The predicted octanol–water partition coefficient (Wildman–Crippen LogP) is 2.53. The molecule has 0 saturated heterocycles. The molecule has 0 saturated carbocycles. The number of halogens is 1. The van der Waals surface area contributed by atoms with Gasteiger partial charge in [-0.05, 0) is 35.4 Å². The zero-order valence-electron chi connectivity index (χ0n) is 19.1. The summed E-state index contributed by atoms with van der Waals surface area (Å²) >= 11 is 0. The van der Waals surface area contributed by atoms with Crippen LogP contribution in [0.1, 0.15) is 22.4 Å². The number of likely N-dealkylation sites (N-methyl/N-ethyl adjacent to an activating group) is 1. The molecule has 2 heterocycles. The second-order valence-electron chi connectivity index (χ2n) is 8.95. The van der Waals surface area contributed by atoms with Gasteiger partial charge in [-0.2, -0.15) is 0 Å². The summed E-state index contributed by atoms with van der Waals surface area (Å²) in [5, 5.41) is 1.19. The summed E-state index contributed by atoms with van der Waals surface area (Å²) in [4.78, 5) is 4.92. The van der Waals surface area contributed by atoms with Crippen molar-refractivity contribution < 1.29 is 30.9 Å². The number of rotatable bonds is 6. The van der Waals surface area contributed by atoms with Crippen molar-refractivity contribution >= 4 is 10.9 Å². The number of benzene rings is 3. The van der Waals surface area contributed by atoms with E-state index in [0.29, 0.717) is 6.61 Å². The monoisotopic (exact) mass is 504 g/mol. The number of fused-ring (bicyclic) bond motifs is 2. The van der Waals surface area contributed by atoms with Crippen molar-refractivity contribution in [3.8, 4) is 11.5 Å². The molecule has 0 N–H and O–H groups in total. The minimum atomic E-state index is 0. The summed E-state index contributed by atoms with van der Waals surface area (Å²) in [5.74, 6) is 1.62. The summed E-state index contributed by atoms with van der Waals surface area (Å²) in [6.07, 6.45) is 1.02. The van der Waals surface area contributed by atoms with Gasteiger partial charge in [0, 0.05) is 17.4 Å². The van der Waals surface area contributed by atoms with Gasteiger partial charge in [-0.1, -0.05) is 54.6 Å². The molecule has 4 nitrogen and oxygen atoms in total. The third kappa shape index (κ3) is 5.21. The largest absolute Gasteiger partial charge is 1.00 e. The third-order valence-electron chi connectivity index (χ3n) is 6.40. The molecule has 1 atom stereocenters. The molecule has 1 unspecified atom stereocenters. The fourth-order valence-corrected chi connectivity index (χ4v) is 4.63. The van der Waals surface area contributed by atoms with Gasteiger partial charge in [-0.3, -0.25) is 0 Å². The van der Waals surface area contributed by atoms with Crippen LogP contribution >= 0.6 is 0 Å². The van der Waals surface area contributed by atoms with Crippen molar-refractivity contribution in [1.82, 2.24) is 4.98 Å². The van der Waals surface area contributed by atoms with Crippen LogP contribution in [0.5, 0.6) is 11.5 Å². The first-order valence-corrected chi connectivity index (χ1v) is 11.2. The highest BCUT2D eigenvalue weighted by Crippen LogP contribution is 2.36. The number of hydrogen-bond acceptors (Lipinski definition) is 3. The van der Waals surface area contributed by atoms with Crippen molar-refractivity contribution in [2.24, 2.45) is 0 Å². The highest BCUT2D eigenvalue weighted by molar-refractivity contribution is 5.78. The maximum absolute atomic E-state index is 6.17. The zero-order chi connectivity index (χ0) is 22.0. The maximum Gasteiger partial charge on any atom is 0.162 e. The molecule has 0 fully saturated rings. The fourth-order valence-electron chi connectivity index (χ4n) is 4.63. The second kappa shape index (κ2) is 9.94. The lowest BCUT2D eigenvalue weighted by atomic mass is 9.97. The smallest absolute Gasteiger partial charge is 0.162 e. The van der Waals surface area contributed by atoms with Gasteiger partial charge in [-0.15, -0.1) is 0 Å². The van der Waals surface area contributed by atoms with Crippen LogP contribution in [-0.4, -0.2) is 30.2 Å². The average Bonchev–Trinajstić information content (AvgIpc) is 2.82. The molecule has 4 aromatic rings.